The summed E-state index contributed by atoms with van der Waals surface area (Å²) in [5.74, 6) is 0. The summed E-state index contributed by atoms with van der Waals surface area (Å²) in [5, 5.41) is 10.2. The van der Waals surface area contributed by atoms with E-state index < -0.39 is 0 Å². The van der Waals surface area contributed by atoms with Gasteiger partial charge in [0, 0.05) is 3.57 Å². The maximum Gasteiger partial charge on any atom is 0.0136 e. The van der Waals surface area contributed by atoms with Crippen LogP contribution in [0.5, 0.6) is 0 Å². The maximum absolute atomic E-state index is 2.45. The zero-order valence-corrected chi connectivity index (χ0v) is 27.8. The average molecular weight is 709 g/mol. The highest BCUT2D eigenvalue weighted by Crippen LogP contribution is 2.44. The summed E-state index contributed by atoms with van der Waals surface area (Å²) >= 11 is 2.45. The van der Waals surface area contributed by atoms with Crippen molar-refractivity contribution < 1.29 is 0 Å². The van der Waals surface area contributed by atoms with Crippen molar-refractivity contribution in [3.63, 3.8) is 0 Å². The first kappa shape index (κ1) is 28.0. The average Bonchev–Trinajstić information content (AvgIpc) is 3.13. The molecule has 0 aliphatic carbocycles. The lowest BCUT2D eigenvalue weighted by atomic mass is 9.85. The molecule has 47 heavy (non-hydrogen) atoms. The molecule has 9 aromatic rings. The molecule has 0 aliphatic heterocycles. The third kappa shape index (κ3) is 4.99. The second kappa shape index (κ2) is 11.5. The molecule has 0 saturated heterocycles. The molecule has 0 saturated carbocycles. The predicted octanol–water partition coefficient (Wildman–Crippen LogP) is 13.6. The number of fused-ring (bicyclic) bond motifs is 4. The lowest BCUT2D eigenvalue weighted by Crippen LogP contribution is -1.92. The van der Waals surface area contributed by atoms with Crippen molar-refractivity contribution in [3.8, 4) is 44.5 Å². The molecular formula is C46H29I. The minimum absolute atomic E-state index is 1.23. The van der Waals surface area contributed by atoms with E-state index in [-0.39, 0.29) is 0 Å². The van der Waals surface area contributed by atoms with E-state index in [1.165, 1.54) is 91.2 Å². The lowest BCUT2D eigenvalue weighted by molar-refractivity contribution is 1.61. The fourth-order valence-corrected chi connectivity index (χ4v) is 7.66. The van der Waals surface area contributed by atoms with Gasteiger partial charge in [-0.25, -0.2) is 0 Å². The normalized spacial score (nSPS) is 11.5. The van der Waals surface area contributed by atoms with Gasteiger partial charge in [0.2, 0.25) is 0 Å². The monoisotopic (exact) mass is 708 g/mol. The first-order chi connectivity index (χ1) is 23.2. The third-order valence-corrected chi connectivity index (χ3v) is 10.2. The van der Waals surface area contributed by atoms with Crippen molar-refractivity contribution in [3.05, 3.63) is 179 Å². The number of hydrogen-bond acceptors (Lipinski definition) is 0. The molecule has 0 nitrogen and oxygen atoms in total. The van der Waals surface area contributed by atoms with Crippen LogP contribution < -0.4 is 0 Å². The van der Waals surface area contributed by atoms with E-state index in [0.29, 0.717) is 0 Å². The molecule has 1 heteroatoms. The molecule has 0 atom stereocenters. The fourth-order valence-electron chi connectivity index (χ4n) is 7.17. The molecule has 9 rings (SSSR count). The molecule has 0 spiro atoms. The van der Waals surface area contributed by atoms with Crippen LogP contribution >= 0.6 is 22.6 Å². The van der Waals surface area contributed by atoms with Gasteiger partial charge in [0.15, 0.2) is 0 Å². The van der Waals surface area contributed by atoms with E-state index >= 15 is 0 Å². The molecule has 0 aliphatic rings. The Morgan fingerprint density at radius 2 is 0.638 bits per heavy atom. The number of halogens is 1. The minimum Gasteiger partial charge on any atom is -0.0616 e. The second-order valence-electron chi connectivity index (χ2n) is 12.3. The van der Waals surface area contributed by atoms with E-state index in [9.17, 15) is 0 Å². The van der Waals surface area contributed by atoms with E-state index in [2.05, 4.69) is 199 Å². The van der Waals surface area contributed by atoms with Crippen LogP contribution in [0.25, 0.3) is 87.6 Å². The molecular weight excluding hydrogens is 679 g/mol. The van der Waals surface area contributed by atoms with E-state index in [4.69, 9.17) is 0 Å². The molecule has 0 bridgehead atoms. The summed E-state index contributed by atoms with van der Waals surface area (Å²) in [6, 6.07) is 64.6. The van der Waals surface area contributed by atoms with Gasteiger partial charge in [0.25, 0.3) is 0 Å². The summed E-state index contributed by atoms with van der Waals surface area (Å²) < 4.78 is 1.23. The van der Waals surface area contributed by atoms with Crippen molar-refractivity contribution in [1.82, 2.24) is 0 Å². The van der Waals surface area contributed by atoms with Gasteiger partial charge >= 0.3 is 0 Å². The van der Waals surface area contributed by atoms with Gasteiger partial charge < -0.3 is 0 Å². The van der Waals surface area contributed by atoms with Gasteiger partial charge in [-0.3, -0.25) is 0 Å². The van der Waals surface area contributed by atoms with Crippen LogP contribution in [0.2, 0.25) is 0 Å². The standard InChI is InChI=1S/C46H29I/c47-40-25-26-43-44(29-40)46(35-21-15-33(16-22-35)39-24-18-31-8-2-4-10-37(31)28-39)42-12-6-5-11-41(42)45(43)34-19-13-32(14-20-34)38-23-17-30-7-1-3-9-36(30)27-38/h1-29H. The topological polar surface area (TPSA) is 0 Å². The maximum atomic E-state index is 2.45. The van der Waals surface area contributed by atoms with Crippen molar-refractivity contribution in [1.29, 1.82) is 0 Å². The SMILES string of the molecule is Ic1ccc2c(-c3ccc(-c4ccc5ccccc5c4)cc3)c3ccccc3c(-c3ccc(-c4ccc5ccccc5c4)cc3)c2c1. The first-order valence-electron chi connectivity index (χ1n) is 16.0. The Morgan fingerprint density at radius 3 is 1.15 bits per heavy atom. The van der Waals surface area contributed by atoms with E-state index in [1.54, 1.807) is 0 Å². The Morgan fingerprint density at radius 1 is 0.255 bits per heavy atom. The molecule has 0 aromatic heterocycles. The Hall–Kier alpha value is -5.25. The van der Waals surface area contributed by atoms with E-state index in [0.717, 1.165) is 0 Å². The van der Waals surface area contributed by atoms with Crippen LogP contribution in [0.3, 0.4) is 0 Å². The van der Waals surface area contributed by atoms with Crippen LogP contribution in [0, 0.1) is 3.57 Å². The molecule has 0 amide bonds. The largest absolute Gasteiger partial charge is 0.0616 e. The van der Waals surface area contributed by atoms with Gasteiger partial charge in [-0.05, 0) is 134 Å². The first-order valence-corrected chi connectivity index (χ1v) is 17.1. The molecule has 0 N–H and O–H groups in total. The smallest absolute Gasteiger partial charge is 0.0136 e. The van der Waals surface area contributed by atoms with Gasteiger partial charge in [-0.2, -0.15) is 0 Å². The Kier molecular flexibility index (Phi) is 6.87. The van der Waals surface area contributed by atoms with Crippen LogP contribution in [0.4, 0.5) is 0 Å². The zero-order valence-electron chi connectivity index (χ0n) is 25.6. The Labute approximate surface area is 288 Å². The van der Waals surface area contributed by atoms with Crippen molar-refractivity contribution in [2.24, 2.45) is 0 Å². The predicted molar refractivity (Wildman–Crippen MR) is 211 cm³/mol. The van der Waals surface area contributed by atoms with Crippen LogP contribution in [-0.4, -0.2) is 0 Å². The molecule has 9 aromatic carbocycles. The van der Waals surface area contributed by atoms with Crippen LogP contribution in [-0.2, 0) is 0 Å². The summed E-state index contributed by atoms with van der Waals surface area (Å²) in [7, 11) is 0. The summed E-state index contributed by atoms with van der Waals surface area (Å²) in [6.07, 6.45) is 0. The molecule has 0 radical (unpaired) electrons. The quantitative estimate of drug-likeness (QED) is 0.126. The molecule has 0 heterocycles. The highest BCUT2D eigenvalue weighted by atomic mass is 127. The minimum atomic E-state index is 1.23. The summed E-state index contributed by atoms with van der Waals surface area (Å²) in [6.45, 7) is 0. The molecule has 0 fully saturated rings. The lowest BCUT2D eigenvalue weighted by Gasteiger charge is -2.18. The Balaban J connectivity index is 1.18. The number of rotatable bonds is 4. The van der Waals surface area contributed by atoms with Crippen molar-refractivity contribution in [2.45, 2.75) is 0 Å². The number of benzene rings is 9. The summed E-state index contributed by atoms with van der Waals surface area (Å²) in [4.78, 5) is 0. The summed E-state index contributed by atoms with van der Waals surface area (Å²) in [5.41, 5.74) is 9.97. The molecule has 220 valence electrons. The fraction of sp³-hybridized carbons (Fsp3) is 0. The van der Waals surface area contributed by atoms with Crippen LogP contribution in [0.15, 0.2) is 176 Å². The van der Waals surface area contributed by atoms with Gasteiger partial charge in [0.1, 0.15) is 0 Å². The zero-order chi connectivity index (χ0) is 31.3. The highest BCUT2D eigenvalue weighted by Gasteiger charge is 2.17. The third-order valence-electron chi connectivity index (χ3n) is 9.50. The van der Waals surface area contributed by atoms with Gasteiger partial charge in [-0.15, -0.1) is 0 Å². The number of hydrogen-bond donors (Lipinski definition) is 0. The van der Waals surface area contributed by atoms with Gasteiger partial charge in [0.05, 0.1) is 0 Å². The second-order valence-corrected chi connectivity index (χ2v) is 13.5. The van der Waals surface area contributed by atoms with E-state index in [1.807, 2.05) is 0 Å². The Bertz CT molecular complexity index is 2610. The van der Waals surface area contributed by atoms with Gasteiger partial charge in [-0.1, -0.05) is 152 Å². The molecule has 0 unspecified atom stereocenters. The van der Waals surface area contributed by atoms with Crippen LogP contribution in [0.1, 0.15) is 0 Å². The van der Waals surface area contributed by atoms with Crippen molar-refractivity contribution >= 4 is 65.7 Å². The highest BCUT2D eigenvalue weighted by molar-refractivity contribution is 14.1. The van der Waals surface area contributed by atoms with Crippen molar-refractivity contribution in [2.75, 3.05) is 0 Å².